The van der Waals surface area contributed by atoms with Gasteiger partial charge in [-0.1, -0.05) is 29.8 Å². The maximum atomic E-state index is 11.0. The van der Waals surface area contributed by atoms with Gasteiger partial charge in [-0.05, 0) is 32.1 Å². The lowest BCUT2D eigenvalue weighted by Crippen LogP contribution is -2.41. The number of nitrogens with zero attached hydrogens (tertiary/aromatic N) is 2. The molecule has 1 N–H and O–H groups in total. The van der Waals surface area contributed by atoms with Crippen LogP contribution in [0.1, 0.15) is 19.4 Å². The van der Waals surface area contributed by atoms with Gasteiger partial charge in [0.2, 0.25) is 0 Å². The van der Waals surface area contributed by atoms with Gasteiger partial charge in [0.15, 0.2) is 0 Å². The molecule has 1 atom stereocenters. The predicted molar refractivity (Wildman–Crippen MR) is 84.8 cm³/mol. The fourth-order valence-corrected chi connectivity index (χ4v) is 2.65. The van der Waals surface area contributed by atoms with Crippen molar-refractivity contribution in [3.63, 3.8) is 0 Å². The number of rotatable bonds is 7. The van der Waals surface area contributed by atoms with Crippen molar-refractivity contribution < 1.29 is 4.92 Å². The van der Waals surface area contributed by atoms with Crippen LogP contribution in [-0.4, -0.2) is 36.5 Å². The van der Waals surface area contributed by atoms with Crippen LogP contribution in [0, 0.1) is 16.0 Å². The summed E-state index contributed by atoms with van der Waals surface area (Å²) in [6, 6.07) is 5.43. The molecule has 0 aliphatic heterocycles. The molecular formula is C14H22BrN3O2. The Morgan fingerprint density at radius 3 is 2.55 bits per heavy atom. The average molecular weight is 344 g/mol. The molecule has 0 saturated carbocycles. The summed E-state index contributed by atoms with van der Waals surface area (Å²) in [7, 11) is 4.10. The van der Waals surface area contributed by atoms with Crippen LogP contribution in [0.4, 0.5) is 5.69 Å². The van der Waals surface area contributed by atoms with Crippen LogP contribution in [0.25, 0.3) is 0 Å². The SMILES string of the molecule is CC(C)C(CNCc1cc(Br)ccc1[N+](=O)[O-])N(C)C. The molecule has 0 fully saturated rings. The van der Waals surface area contributed by atoms with Crippen LogP contribution in [0.3, 0.4) is 0 Å². The van der Waals surface area contributed by atoms with Gasteiger partial charge >= 0.3 is 0 Å². The lowest BCUT2D eigenvalue weighted by Gasteiger charge is -2.28. The third-order valence-corrected chi connectivity index (χ3v) is 3.83. The second-order valence-electron chi connectivity index (χ2n) is 5.44. The zero-order chi connectivity index (χ0) is 15.3. The van der Waals surface area contributed by atoms with E-state index in [1.54, 1.807) is 12.1 Å². The van der Waals surface area contributed by atoms with E-state index < -0.39 is 0 Å². The van der Waals surface area contributed by atoms with Gasteiger partial charge in [0, 0.05) is 35.2 Å². The standard InChI is InChI=1S/C14H22BrN3O2/c1-10(2)14(17(3)4)9-16-8-11-7-12(15)5-6-13(11)18(19)20/h5-7,10,14,16H,8-9H2,1-4H3. The Morgan fingerprint density at radius 1 is 1.40 bits per heavy atom. The molecule has 0 heterocycles. The van der Waals surface area contributed by atoms with E-state index in [1.807, 2.05) is 14.1 Å². The summed E-state index contributed by atoms with van der Waals surface area (Å²) in [5, 5.41) is 14.3. The second kappa shape index (κ2) is 7.71. The Morgan fingerprint density at radius 2 is 2.05 bits per heavy atom. The first-order valence-corrected chi connectivity index (χ1v) is 7.42. The molecule has 0 spiro atoms. The first kappa shape index (κ1) is 17.1. The topological polar surface area (TPSA) is 58.4 Å². The molecule has 0 radical (unpaired) electrons. The first-order chi connectivity index (χ1) is 9.32. The zero-order valence-corrected chi connectivity index (χ0v) is 14.0. The number of benzene rings is 1. The molecule has 1 rings (SSSR count). The van der Waals surface area contributed by atoms with Crippen molar-refractivity contribution in [2.24, 2.45) is 5.92 Å². The summed E-state index contributed by atoms with van der Waals surface area (Å²) in [6.45, 7) is 5.64. The Hall–Kier alpha value is -0.980. The maximum absolute atomic E-state index is 11.0. The number of hydrogen-bond donors (Lipinski definition) is 1. The number of likely N-dealkylation sites (N-methyl/N-ethyl adjacent to an activating group) is 1. The molecular weight excluding hydrogens is 322 g/mol. The summed E-state index contributed by atoms with van der Waals surface area (Å²) in [5.74, 6) is 0.523. The van der Waals surface area contributed by atoms with Gasteiger partial charge in [-0.3, -0.25) is 10.1 Å². The summed E-state index contributed by atoms with van der Waals surface area (Å²) in [4.78, 5) is 12.8. The first-order valence-electron chi connectivity index (χ1n) is 6.63. The van der Waals surface area contributed by atoms with Gasteiger partial charge in [0.05, 0.1) is 4.92 Å². The van der Waals surface area contributed by atoms with Gasteiger partial charge in [0.1, 0.15) is 0 Å². The van der Waals surface area contributed by atoms with Crippen LogP contribution < -0.4 is 5.32 Å². The highest BCUT2D eigenvalue weighted by molar-refractivity contribution is 9.10. The largest absolute Gasteiger partial charge is 0.311 e. The van der Waals surface area contributed by atoms with E-state index in [-0.39, 0.29) is 10.6 Å². The highest BCUT2D eigenvalue weighted by atomic mass is 79.9. The Labute approximate surface area is 128 Å². The predicted octanol–water partition coefficient (Wildman–Crippen LogP) is 3.03. The number of nitro groups is 1. The molecule has 20 heavy (non-hydrogen) atoms. The van der Waals surface area contributed by atoms with E-state index in [0.29, 0.717) is 24.1 Å². The summed E-state index contributed by atoms with van der Waals surface area (Å²) in [5.41, 5.74) is 0.859. The van der Waals surface area contributed by atoms with E-state index in [0.717, 1.165) is 11.0 Å². The van der Waals surface area contributed by atoms with E-state index >= 15 is 0 Å². The molecule has 1 aromatic rings. The number of nitrogens with one attached hydrogen (secondary N) is 1. The fourth-order valence-electron chi connectivity index (χ4n) is 2.24. The lowest BCUT2D eigenvalue weighted by molar-refractivity contribution is -0.385. The molecule has 1 unspecified atom stereocenters. The van der Waals surface area contributed by atoms with Crippen LogP contribution in [0.2, 0.25) is 0 Å². The normalized spacial score (nSPS) is 12.9. The Bertz CT molecular complexity index is 456. The quantitative estimate of drug-likeness (QED) is 0.610. The summed E-state index contributed by atoms with van der Waals surface area (Å²) in [6.07, 6.45) is 0. The molecule has 0 amide bonds. The van der Waals surface area contributed by atoms with E-state index in [2.05, 4.69) is 40.0 Å². The monoisotopic (exact) mass is 343 g/mol. The number of halogens is 1. The molecule has 112 valence electrons. The zero-order valence-electron chi connectivity index (χ0n) is 12.4. The van der Waals surface area contributed by atoms with E-state index in [4.69, 9.17) is 0 Å². The molecule has 0 bridgehead atoms. The van der Waals surface area contributed by atoms with Crippen LogP contribution in [0.5, 0.6) is 0 Å². The Kier molecular flexibility index (Phi) is 6.58. The smallest absolute Gasteiger partial charge is 0.273 e. The van der Waals surface area contributed by atoms with Gasteiger partial charge < -0.3 is 10.2 Å². The third-order valence-electron chi connectivity index (χ3n) is 3.34. The highest BCUT2D eigenvalue weighted by Crippen LogP contribution is 2.22. The van der Waals surface area contributed by atoms with Gasteiger partial charge in [-0.15, -0.1) is 0 Å². The summed E-state index contributed by atoms with van der Waals surface area (Å²) < 4.78 is 0.855. The molecule has 1 aromatic carbocycles. The third kappa shape index (κ3) is 4.85. The number of hydrogen-bond acceptors (Lipinski definition) is 4. The van der Waals surface area contributed by atoms with Crippen molar-refractivity contribution >= 4 is 21.6 Å². The van der Waals surface area contributed by atoms with Crippen LogP contribution >= 0.6 is 15.9 Å². The molecule has 0 aromatic heterocycles. The van der Waals surface area contributed by atoms with Crippen molar-refractivity contribution in [2.45, 2.75) is 26.4 Å². The second-order valence-corrected chi connectivity index (χ2v) is 6.35. The van der Waals surface area contributed by atoms with Gasteiger partial charge in [-0.25, -0.2) is 0 Å². The highest BCUT2D eigenvalue weighted by Gasteiger charge is 2.17. The van der Waals surface area contributed by atoms with Crippen LogP contribution in [0.15, 0.2) is 22.7 Å². The van der Waals surface area contributed by atoms with Crippen molar-refractivity contribution in [1.29, 1.82) is 0 Å². The van der Waals surface area contributed by atoms with Crippen molar-refractivity contribution in [3.8, 4) is 0 Å². The molecule has 6 heteroatoms. The number of nitro benzene ring substituents is 1. The molecule has 0 aliphatic rings. The fraction of sp³-hybridized carbons (Fsp3) is 0.571. The average Bonchev–Trinajstić information content (AvgIpc) is 2.33. The summed E-state index contributed by atoms with van der Waals surface area (Å²) >= 11 is 3.35. The van der Waals surface area contributed by atoms with Gasteiger partial charge in [0.25, 0.3) is 5.69 Å². The Balaban J connectivity index is 2.70. The minimum atomic E-state index is -0.338. The van der Waals surface area contributed by atoms with Crippen molar-refractivity contribution in [2.75, 3.05) is 20.6 Å². The van der Waals surface area contributed by atoms with Crippen LogP contribution in [-0.2, 0) is 6.54 Å². The minimum absolute atomic E-state index is 0.159. The maximum Gasteiger partial charge on any atom is 0.273 e. The molecule has 0 saturated heterocycles. The van der Waals surface area contributed by atoms with E-state index in [9.17, 15) is 10.1 Å². The molecule has 0 aliphatic carbocycles. The lowest BCUT2D eigenvalue weighted by atomic mass is 10.0. The minimum Gasteiger partial charge on any atom is -0.311 e. The van der Waals surface area contributed by atoms with Crippen molar-refractivity contribution in [3.05, 3.63) is 38.3 Å². The van der Waals surface area contributed by atoms with Crippen molar-refractivity contribution in [1.82, 2.24) is 10.2 Å². The van der Waals surface area contributed by atoms with E-state index in [1.165, 1.54) is 6.07 Å². The van der Waals surface area contributed by atoms with Gasteiger partial charge in [-0.2, -0.15) is 0 Å². The molecule has 5 nitrogen and oxygen atoms in total.